The summed E-state index contributed by atoms with van der Waals surface area (Å²) in [6.45, 7) is 5.66. The van der Waals surface area contributed by atoms with Crippen LogP contribution in [0.2, 0.25) is 0 Å². The highest BCUT2D eigenvalue weighted by molar-refractivity contribution is 6.02. The van der Waals surface area contributed by atoms with Crippen LogP contribution in [0.3, 0.4) is 0 Å². The normalized spacial score (nSPS) is 20.1. The Bertz CT molecular complexity index is 784. The van der Waals surface area contributed by atoms with Gasteiger partial charge in [-0.05, 0) is 58.8 Å². The van der Waals surface area contributed by atoms with E-state index in [2.05, 4.69) is 27.5 Å². The molecule has 0 saturated carbocycles. The molecular weight excluding hydrogens is 344 g/mol. The Balaban J connectivity index is 1.41. The van der Waals surface area contributed by atoms with Crippen LogP contribution < -0.4 is 5.32 Å². The predicted octanol–water partition coefficient (Wildman–Crippen LogP) is 2.26. The fourth-order valence-electron chi connectivity index (χ4n) is 3.96. The highest BCUT2D eigenvalue weighted by Gasteiger charge is 2.22. The van der Waals surface area contributed by atoms with E-state index in [0.29, 0.717) is 17.8 Å². The Hall–Kier alpha value is -2.19. The van der Waals surface area contributed by atoms with E-state index in [1.54, 1.807) is 6.20 Å². The van der Waals surface area contributed by atoms with E-state index in [1.165, 1.54) is 0 Å². The van der Waals surface area contributed by atoms with E-state index in [1.807, 2.05) is 28.6 Å². The molecule has 4 heterocycles. The molecule has 0 aliphatic carbocycles. The first kappa shape index (κ1) is 18.2. The highest BCUT2D eigenvalue weighted by atomic mass is 16.5. The van der Waals surface area contributed by atoms with Crippen LogP contribution in [0.5, 0.6) is 0 Å². The van der Waals surface area contributed by atoms with Gasteiger partial charge in [-0.3, -0.25) is 14.2 Å². The van der Waals surface area contributed by atoms with Crippen LogP contribution in [-0.2, 0) is 4.74 Å². The van der Waals surface area contributed by atoms with Gasteiger partial charge in [0.1, 0.15) is 0 Å². The van der Waals surface area contributed by atoms with Gasteiger partial charge in [-0.2, -0.15) is 10.2 Å². The standard InChI is InChI=1S/C19H28N6O2/c1-14-11-18(22-25(14)17-5-9-27-10-6-17)19(26)21-15-12-20-24(13-15)16-3-7-23(2)8-4-16/h11-13,16-17H,3-10H2,1-2H3,(H,21,26). The number of ether oxygens (including phenoxy) is 1. The molecule has 146 valence electrons. The molecule has 1 amide bonds. The summed E-state index contributed by atoms with van der Waals surface area (Å²) in [5.41, 5.74) is 2.18. The number of piperidine rings is 1. The number of nitrogens with zero attached hydrogens (tertiary/aromatic N) is 5. The molecule has 0 spiro atoms. The average Bonchev–Trinajstić information content (AvgIpc) is 3.30. The maximum absolute atomic E-state index is 12.6. The number of hydrogen-bond donors (Lipinski definition) is 1. The zero-order valence-electron chi connectivity index (χ0n) is 16.1. The van der Waals surface area contributed by atoms with Crippen molar-refractivity contribution in [3.63, 3.8) is 0 Å². The maximum Gasteiger partial charge on any atom is 0.276 e. The minimum absolute atomic E-state index is 0.188. The minimum Gasteiger partial charge on any atom is -0.381 e. The van der Waals surface area contributed by atoms with E-state index in [0.717, 1.165) is 63.4 Å². The molecule has 27 heavy (non-hydrogen) atoms. The Morgan fingerprint density at radius 1 is 1.19 bits per heavy atom. The van der Waals surface area contributed by atoms with Crippen molar-refractivity contribution in [3.05, 3.63) is 29.8 Å². The third-order valence-electron chi connectivity index (χ3n) is 5.61. The molecule has 2 aromatic rings. The van der Waals surface area contributed by atoms with E-state index in [9.17, 15) is 4.79 Å². The largest absolute Gasteiger partial charge is 0.381 e. The van der Waals surface area contributed by atoms with Crippen molar-refractivity contribution in [1.82, 2.24) is 24.5 Å². The van der Waals surface area contributed by atoms with Gasteiger partial charge in [-0.15, -0.1) is 0 Å². The number of nitrogens with one attached hydrogen (secondary N) is 1. The quantitative estimate of drug-likeness (QED) is 0.891. The van der Waals surface area contributed by atoms with Crippen LogP contribution in [0.1, 0.15) is 53.9 Å². The van der Waals surface area contributed by atoms with Gasteiger partial charge in [0.05, 0.1) is 24.0 Å². The number of rotatable bonds is 4. The topological polar surface area (TPSA) is 77.2 Å². The second-order valence-corrected chi connectivity index (χ2v) is 7.66. The number of likely N-dealkylation sites (tertiary alicyclic amines) is 1. The van der Waals surface area contributed by atoms with Crippen molar-refractivity contribution in [2.45, 2.75) is 44.7 Å². The van der Waals surface area contributed by atoms with E-state index in [4.69, 9.17) is 4.74 Å². The molecular formula is C19H28N6O2. The molecule has 0 atom stereocenters. The minimum atomic E-state index is -0.188. The molecule has 0 unspecified atom stereocenters. The van der Waals surface area contributed by atoms with E-state index >= 15 is 0 Å². The van der Waals surface area contributed by atoms with Crippen LogP contribution in [0.25, 0.3) is 0 Å². The number of aromatic nitrogens is 4. The first-order chi connectivity index (χ1) is 13.1. The third-order valence-corrected chi connectivity index (χ3v) is 5.61. The number of amides is 1. The number of carbonyl (C=O) groups is 1. The number of aryl methyl sites for hydroxylation is 1. The summed E-state index contributed by atoms with van der Waals surface area (Å²) in [5.74, 6) is -0.188. The lowest BCUT2D eigenvalue weighted by Crippen LogP contribution is -2.31. The molecule has 2 fully saturated rings. The maximum atomic E-state index is 12.6. The van der Waals surface area contributed by atoms with Gasteiger partial charge in [0, 0.05) is 25.1 Å². The van der Waals surface area contributed by atoms with Crippen LogP contribution in [0.4, 0.5) is 5.69 Å². The van der Waals surface area contributed by atoms with E-state index in [-0.39, 0.29) is 5.91 Å². The number of carbonyl (C=O) groups excluding carboxylic acids is 1. The summed E-state index contributed by atoms with van der Waals surface area (Å²) in [6, 6.07) is 2.57. The van der Waals surface area contributed by atoms with Gasteiger partial charge in [0.15, 0.2) is 5.69 Å². The van der Waals surface area contributed by atoms with Crippen molar-refractivity contribution >= 4 is 11.6 Å². The Morgan fingerprint density at radius 2 is 1.93 bits per heavy atom. The van der Waals surface area contributed by atoms with Crippen molar-refractivity contribution in [2.24, 2.45) is 0 Å². The SMILES string of the molecule is Cc1cc(C(=O)Nc2cnn(C3CCN(C)CC3)c2)nn1C1CCOCC1. The lowest BCUT2D eigenvalue weighted by atomic mass is 10.1. The summed E-state index contributed by atoms with van der Waals surface area (Å²) < 4.78 is 9.37. The summed E-state index contributed by atoms with van der Waals surface area (Å²) in [7, 11) is 2.15. The molecule has 4 rings (SSSR count). The van der Waals surface area contributed by atoms with Crippen molar-refractivity contribution < 1.29 is 9.53 Å². The molecule has 8 heteroatoms. The van der Waals surface area contributed by atoms with Crippen molar-refractivity contribution in [2.75, 3.05) is 38.7 Å². The second kappa shape index (κ2) is 7.82. The summed E-state index contributed by atoms with van der Waals surface area (Å²) in [5, 5.41) is 11.9. The molecule has 8 nitrogen and oxygen atoms in total. The van der Waals surface area contributed by atoms with Crippen LogP contribution in [0.15, 0.2) is 18.5 Å². The molecule has 2 aliphatic rings. The highest BCUT2D eigenvalue weighted by Crippen LogP contribution is 2.24. The van der Waals surface area contributed by atoms with Gasteiger partial charge in [0.2, 0.25) is 0 Å². The summed E-state index contributed by atoms with van der Waals surface area (Å²) in [6.07, 6.45) is 7.69. The van der Waals surface area contributed by atoms with Crippen molar-refractivity contribution in [1.29, 1.82) is 0 Å². The molecule has 2 aromatic heterocycles. The lowest BCUT2D eigenvalue weighted by Gasteiger charge is -2.28. The monoisotopic (exact) mass is 372 g/mol. The van der Waals surface area contributed by atoms with Crippen LogP contribution in [0, 0.1) is 6.92 Å². The van der Waals surface area contributed by atoms with E-state index < -0.39 is 0 Å². The second-order valence-electron chi connectivity index (χ2n) is 7.66. The Kier molecular flexibility index (Phi) is 5.27. The zero-order valence-corrected chi connectivity index (χ0v) is 16.1. The van der Waals surface area contributed by atoms with Crippen molar-refractivity contribution in [3.8, 4) is 0 Å². The third kappa shape index (κ3) is 4.06. The smallest absolute Gasteiger partial charge is 0.276 e. The zero-order chi connectivity index (χ0) is 18.8. The van der Waals surface area contributed by atoms with Crippen LogP contribution in [-0.4, -0.2) is 63.7 Å². The van der Waals surface area contributed by atoms with Gasteiger partial charge < -0.3 is 15.0 Å². The molecule has 0 aromatic carbocycles. The van der Waals surface area contributed by atoms with Gasteiger partial charge in [-0.25, -0.2) is 0 Å². The van der Waals surface area contributed by atoms with Gasteiger partial charge in [-0.1, -0.05) is 0 Å². The fraction of sp³-hybridized carbons (Fsp3) is 0.632. The van der Waals surface area contributed by atoms with Gasteiger partial charge >= 0.3 is 0 Å². The molecule has 2 saturated heterocycles. The predicted molar refractivity (Wildman–Crippen MR) is 102 cm³/mol. The summed E-state index contributed by atoms with van der Waals surface area (Å²) in [4.78, 5) is 15.0. The van der Waals surface area contributed by atoms with Gasteiger partial charge in [0.25, 0.3) is 5.91 Å². The Labute approximate surface area is 159 Å². The molecule has 0 radical (unpaired) electrons. The summed E-state index contributed by atoms with van der Waals surface area (Å²) >= 11 is 0. The fourth-order valence-corrected chi connectivity index (χ4v) is 3.96. The number of anilines is 1. The van der Waals surface area contributed by atoms with Crippen LogP contribution >= 0.6 is 0 Å². The number of hydrogen-bond acceptors (Lipinski definition) is 5. The molecule has 0 bridgehead atoms. The Morgan fingerprint density at radius 3 is 2.67 bits per heavy atom. The first-order valence-electron chi connectivity index (χ1n) is 9.78. The lowest BCUT2D eigenvalue weighted by molar-refractivity contribution is 0.0655. The first-order valence-corrected chi connectivity index (χ1v) is 9.78. The average molecular weight is 372 g/mol. The molecule has 1 N–H and O–H groups in total. The molecule has 2 aliphatic heterocycles.